The van der Waals surface area contributed by atoms with Gasteiger partial charge in [0.1, 0.15) is 5.01 Å². The Balaban J connectivity index is 1.74. The second-order valence-electron chi connectivity index (χ2n) is 6.38. The van der Waals surface area contributed by atoms with Crippen molar-refractivity contribution in [3.63, 3.8) is 0 Å². The Labute approximate surface area is 120 Å². The Morgan fingerprint density at radius 1 is 1.21 bits per heavy atom. The maximum Gasteiger partial charge on any atom is 0.294 e. The molecule has 1 N–H and O–H groups in total. The largest absolute Gasteiger partial charge is 0.469 e. The quantitative estimate of drug-likeness (QED) is 0.900. The van der Waals surface area contributed by atoms with Gasteiger partial charge in [-0.15, -0.1) is 10.2 Å². The summed E-state index contributed by atoms with van der Waals surface area (Å²) < 4.78 is 5.78. The molecule has 0 amide bonds. The monoisotopic (exact) mass is 283 g/mol. The molecule has 5 heteroatoms. The second kappa shape index (κ2) is 6.66. The van der Waals surface area contributed by atoms with E-state index in [0.717, 1.165) is 23.4 Å². The lowest BCUT2D eigenvalue weighted by molar-refractivity contribution is 0.207. The van der Waals surface area contributed by atoms with E-state index in [9.17, 15) is 0 Å². The van der Waals surface area contributed by atoms with Gasteiger partial charge >= 0.3 is 0 Å². The first-order chi connectivity index (χ1) is 9.03. The molecule has 1 aromatic rings. The van der Waals surface area contributed by atoms with Gasteiger partial charge in [-0.05, 0) is 39.5 Å². The van der Waals surface area contributed by atoms with Gasteiger partial charge in [0, 0.05) is 5.54 Å². The van der Waals surface area contributed by atoms with Gasteiger partial charge in [0.05, 0.1) is 13.2 Å². The zero-order valence-corrected chi connectivity index (χ0v) is 13.1. The molecule has 1 saturated carbocycles. The van der Waals surface area contributed by atoms with E-state index in [4.69, 9.17) is 4.74 Å². The lowest BCUT2D eigenvalue weighted by atomic mass is 9.90. The topological polar surface area (TPSA) is 47.0 Å². The van der Waals surface area contributed by atoms with E-state index in [1.807, 2.05) is 0 Å². The number of nitrogens with zero attached hydrogens (tertiary/aromatic N) is 2. The number of aromatic nitrogens is 2. The Morgan fingerprint density at radius 2 is 1.95 bits per heavy atom. The lowest BCUT2D eigenvalue weighted by Gasteiger charge is -2.20. The molecule has 108 valence electrons. The normalized spacial score (nSPS) is 17.6. The molecular formula is C14H25N3OS. The minimum absolute atomic E-state index is 0.106. The van der Waals surface area contributed by atoms with Crippen molar-refractivity contribution in [2.24, 2.45) is 5.92 Å². The Kier molecular flexibility index (Phi) is 5.16. The summed E-state index contributed by atoms with van der Waals surface area (Å²) in [4.78, 5) is 0. The smallest absolute Gasteiger partial charge is 0.294 e. The molecule has 2 rings (SSSR count). The summed E-state index contributed by atoms with van der Waals surface area (Å²) in [6, 6.07) is 0. The summed E-state index contributed by atoms with van der Waals surface area (Å²) in [6.07, 6.45) is 6.70. The number of rotatable bonds is 5. The molecule has 0 saturated heterocycles. The molecule has 1 aromatic heterocycles. The van der Waals surface area contributed by atoms with Crippen LogP contribution in [0.25, 0.3) is 0 Å². The average Bonchev–Trinajstić information content (AvgIpc) is 2.82. The van der Waals surface area contributed by atoms with Crippen LogP contribution >= 0.6 is 11.3 Å². The Hall–Kier alpha value is -0.680. The average molecular weight is 283 g/mol. The van der Waals surface area contributed by atoms with Gasteiger partial charge < -0.3 is 10.1 Å². The van der Waals surface area contributed by atoms with Gasteiger partial charge in [-0.2, -0.15) is 0 Å². The molecular weight excluding hydrogens is 258 g/mol. The zero-order valence-electron chi connectivity index (χ0n) is 12.2. The summed E-state index contributed by atoms with van der Waals surface area (Å²) >= 11 is 1.56. The fourth-order valence-corrected chi connectivity index (χ4v) is 2.89. The van der Waals surface area contributed by atoms with Gasteiger partial charge in [0.25, 0.3) is 5.19 Å². The van der Waals surface area contributed by atoms with E-state index in [1.165, 1.54) is 32.1 Å². The van der Waals surface area contributed by atoms with Crippen LogP contribution in [0, 0.1) is 5.92 Å². The minimum Gasteiger partial charge on any atom is -0.469 e. The van der Waals surface area contributed by atoms with Crippen LogP contribution in [-0.4, -0.2) is 22.3 Å². The van der Waals surface area contributed by atoms with Crippen molar-refractivity contribution in [2.45, 2.75) is 65.0 Å². The number of ether oxygens (including phenoxy) is 1. The fourth-order valence-electron chi connectivity index (χ4n) is 2.25. The van der Waals surface area contributed by atoms with E-state index in [2.05, 4.69) is 36.3 Å². The van der Waals surface area contributed by atoms with Crippen LogP contribution in [0.2, 0.25) is 0 Å². The number of hydrogen-bond acceptors (Lipinski definition) is 5. The molecule has 1 fully saturated rings. The first-order valence-corrected chi connectivity index (χ1v) is 8.05. The second-order valence-corrected chi connectivity index (χ2v) is 7.40. The molecule has 0 aromatic carbocycles. The summed E-state index contributed by atoms with van der Waals surface area (Å²) in [5.41, 5.74) is 0.106. The molecule has 0 radical (unpaired) electrons. The van der Waals surface area contributed by atoms with Crippen LogP contribution in [0.4, 0.5) is 0 Å². The van der Waals surface area contributed by atoms with Crippen molar-refractivity contribution in [3.05, 3.63) is 5.01 Å². The predicted octanol–water partition coefficient (Wildman–Crippen LogP) is 3.39. The molecule has 1 heterocycles. The van der Waals surface area contributed by atoms with E-state index in [1.54, 1.807) is 11.3 Å². The molecule has 4 nitrogen and oxygen atoms in total. The van der Waals surface area contributed by atoms with Crippen molar-refractivity contribution in [1.29, 1.82) is 0 Å². The molecule has 0 spiro atoms. The highest BCUT2D eigenvalue weighted by atomic mass is 32.1. The summed E-state index contributed by atoms with van der Waals surface area (Å²) in [5, 5.41) is 13.4. The van der Waals surface area contributed by atoms with Crippen molar-refractivity contribution in [1.82, 2.24) is 15.5 Å². The molecule has 0 unspecified atom stereocenters. The van der Waals surface area contributed by atoms with E-state index < -0.39 is 0 Å². The maximum absolute atomic E-state index is 5.78. The molecule has 1 aliphatic carbocycles. The van der Waals surface area contributed by atoms with Crippen LogP contribution in [-0.2, 0) is 6.54 Å². The fraction of sp³-hybridized carbons (Fsp3) is 0.857. The molecule has 0 aliphatic heterocycles. The van der Waals surface area contributed by atoms with Crippen LogP contribution in [0.5, 0.6) is 5.19 Å². The van der Waals surface area contributed by atoms with Crippen molar-refractivity contribution in [2.75, 3.05) is 6.61 Å². The highest BCUT2D eigenvalue weighted by Gasteiger charge is 2.16. The molecule has 19 heavy (non-hydrogen) atoms. The SMILES string of the molecule is CC(C)(C)NCc1nnc(OCC2CCCCC2)s1. The predicted molar refractivity (Wildman–Crippen MR) is 78.6 cm³/mol. The third kappa shape index (κ3) is 5.45. The highest BCUT2D eigenvalue weighted by molar-refractivity contribution is 7.13. The van der Waals surface area contributed by atoms with Crippen LogP contribution in [0.1, 0.15) is 57.9 Å². The number of hydrogen-bond donors (Lipinski definition) is 1. The van der Waals surface area contributed by atoms with Gasteiger partial charge in [-0.1, -0.05) is 30.6 Å². The lowest BCUT2D eigenvalue weighted by Crippen LogP contribution is -2.35. The Bertz CT molecular complexity index is 380. The summed E-state index contributed by atoms with van der Waals surface area (Å²) in [7, 11) is 0. The van der Waals surface area contributed by atoms with Gasteiger partial charge in [0.2, 0.25) is 0 Å². The van der Waals surface area contributed by atoms with Crippen LogP contribution < -0.4 is 10.1 Å². The zero-order chi connectivity index (χ0) is 13.7. The van der Waals surface area contributed by atoms with Crippen molar-refractivity contribution < 1.29 is 4.74 Å². The Morgan fingerprint density at radius 3 is 2.63 bits per heavy atom. The van der Waals surface area contributed by atoms with E-state index in [0.29, 0.717) is 5.92 Å². The summed E-state index contributed by atoms with van der Waals surface area (Å²) in [5.74, 6) is 0.716. The molecule has 0 atom stereocenters. The van der Waals surface area contributed by atoms with Gasteiger partial charge in [-0.3, -0.25) is 0 Å². The van der Waals surface area contributed by atoms with Crippen molar-refractivity contribution in [3.8, 4) is 5.19 Å². The highest BCUT2D eigenvalue weighted by Crippen LogP contribution is 2.25. The maximum atomic E-state index is 5.78. The molecule has 0 bridgehead atoms. The van der Waals surface area contributed by atoms with Gasteiger partial charge in [0.15, 0.2) is 0 Å². The van der Waals surface area contributed by atoms with Crippen molar-refractivity contribution >= 4 is 11.3 Å². The van der Waals surface area contributed by atoms with E-state index in [-0.39, 0.29) is 5.54 Å². The van der Waals surface area contributed by atoms with E-state index >= 15 is 0 Å². The number of nitrogens with one attached hydrogen (secondary N) is 1. The molecule has 1 aliphatic rings. The van der Waals surface area contributed by atoms with Crippen LogP contribution in [0.15, 0.2) is 0 Å². The third-order valence-corrected chi connectivity index (χ3v) is 4.22. The van der Waals surface area contributed by atoms with Gasteiger partial charge in [-0.25, -0.2) is 0 Å². The minimum atomic E-state index is 0.106. The third-order valence-electron chi connectivity index (χ3n) is 3.39. The first-order valence-electron chi connectivity index (χ1n) is 7.23. The van der Waals surface area contributed by atoms with Crippen LogP contribution in [0.3, 0.4) is 0 Å². The first kappa shape index (κ1) is 14.7. The standard InChI is InChI=1S/C14H25N3OS/c1-14(2,3)15-9-12-16-17-13(19-12)18-10-11-7-5-4-6-8-11/h11,15H,4-10H2,1-3H3. The summed E-state index contributed by atoms with van der Waals surface area (Å²) in [6.45, 7) is 8.01.